The Morgan fingerprint density at radius 2 is 2.00 bits per heavy atom. The maximum absolute atomic E-state index is 13.5. The van der Waals surface area contributed by atoms with Crippen LogP contribution in [0.5, 0.6) is 0 Å². The molecule has 0 saturated heterocycles. The number of benzene rings is 1. The van der Waals surface area contributed by atoms with Crippen molar-refractivity contribution in [2.45, 2.75) is 13.3 Å². The number of aryl methyl sites for hydroxylation is 1. The highest BCUT2D eigenvalue weighted by atomic mass is 35.5. The summed E-state index contributed by atoms with van der Waals surface area (Å²) >= 11 is 5.63. The quantitative estimate of drug-likeness (QED) is 0.884. The number of pyridine rings is 1. The molecule has 1 aromatic heterocycles. The molecule has 0 saturated carbocycles. The Morgan fingerprint density at radius 3 is 2.59 bits per heavy atom. The van der Waals surface area contributed by atoms with Crippen LogP contribution >= 0.6 is 11.6 Å². The zero-order valence-electron chi connectivity index (χ0n) is 9.37. The third-order valence-electron chi connectivity index (χ3n) is 2.43. The summed E-state index contributed by atoms with van der Waals surface area (Å²) in [5.74, 6) is -0.282. The van der Waals surface area contributed by atoms with Crippen LogP contribution in [0, 0.1) is 5.82 Å². The molecule has 1 N–H and O–H groups in total. The summed E-state index contributed by atoms with van der Waals surface area (Å²) in [4.78, 5) is 3.90. The highest BCUT2D eigenvalue weighted by molar-refractivity contribution is 6.30. The molecule has 2 rings (SSSR count). The molecule has 0 aliphatic carbocycles. The number of anilines is 2. The smallest absolute Gasteiger partial charge is 0.167 e. The lowest BCUT2D eigenvalue weighted by atomic mass is 10.1. The predicted molar refractivity (Wildman–Crippen MR) is 68.3 cm³/mol. The van der Waals surface area contributed by atoms with Gasteiger partial charge in [0.25, 0.3) is 0 Å². The second kappa shape index (κ2) is 5.15. The molecule has 0 fully saturated rings. The van der Waals surface area contributed by atoms with Crippen LogP contribution in [0.3, 0.4) is 0 Å². The van der Waals surface area contributed by atoms with Gasteiger partial charge in [-0.3, -0.25) is 0 Å². The Bertz CT molecular complexity index is 511. The number of nitrogens with one attached hydrogen (secondary N) is 1. The van der Waals surface area contributed by atoms with Crippen LogP contribution in [-0.2, 0) is 6.42 Å². The lowest BCUT2D eigenvalue weighted by Crippen LogP contribution is -1.96. The van der Waals surface area contributed by atoms with Gasteiger partial charge >= 0.3 is 0 Å². The minimum atomic E-state index is -0.461. The molecule has 1 heterocycles. The van der Waals surface area contributed by atoms with Gasteiger partial charge in [0, 0.05) is 11.9 Å². The topological polar surface area (TPSA) is 24.9 Å². The molecular weight excluding hydrogens is 239 g/mol. The van der Waals surface area contributed by atoms with E-state index in [0.29, 0.717) is 0 Å². The molecule has 1 aromatic carbocycles. The van der Waals surface area contributed by atoms with Crippen molar-refractivity contribution in [3.8, 4) is 0 Å². The molecule has 0 spiro atoms. The van der Waals surface area contributed by atoms with Gasteiger partial charge < -0.3 is 5.32 Å². The van der Waals surface area contributed by atoms with E-state index in [0.717, 1.165) is 12.1 Å². The number of rotatable bonds is 3. The second-order valence-corrected chi connectivity index (χ2v) is 4.10. The highest BCUT2D eigenvalue weighted by Crippen LogP contribution is 2.20. The normalized spacial score (nSPS) is 10.3. The molecule has 2 nitrogen and oxygen atoms in total. The zero-order chi connectivity index (χ0) is 12.3. The van der Waals surface area contributed by atoms with Gasteiger partial charge in [-0.15, -0.1) is 0 Å². The van der Waals surface area contributed by atoms with Crippen LogP contribution in [-0.4, -0.2) is 4.98 Å². The summed E-state index contributed by atoms with van der Waals surface area (Å²) in [5.41, 5.74) is 2.04. The van der Waals surface area contributed by atoms with Crippen molar-refractivity contribution in [2.75, 3.05) is 5.32 Å². The monoisotopic (exact) mass is 250 g/mol. The van der Waals surface area contributed by atoms with Gasteiger partial charge in [0.1, 0.15) is 0 Å². The molecule has 0 aliphatic heterocycles. The van der Waals surface area contributed by atoms with Crippen molar-refractivity contribution < 1.29 is 4.39 Å². The molecule has 17 heavy (non-hydrogen) atoms. The van der Waals surface area contributed by atoms with E-state index in [9.17, 15) is 4.39 Å². The van der Waals surface area contributed by atoms with Crippen molar-refractivity contribution in [3.05, 3.63) is 52.9 Å². The first-order valence-electron chi connectivity index (χ1n) is 5.36. The van der Waals surface area contributed by atoms with E-state index in [4.69, 9.17) is 11.6 Å². The van der Waals surface area contributed by atoms with Gasteiger partial charge in [0.15, 0.2) is 11.6 Å². The van der Waals surface area contributed by atoms with Gasteiger partial charge in [0.05, 0.1) is 5.02 Å². The standard InChI is InChI=1S/C13H12ClFN2/c1-2-9-3-5-11(6-4-9)17-13-12(15)7-10(14)8-16-13/h3-8H,2H2,1H3,(H,16,17). The van der Waals surface area contributed by atoms with Gasteiger partial charge in [-0.1, -0.05) is 30.7 Å². The van der Waals surface area contributed by atoms with E-state index in [1.807, 2.05) is 24.3 Å². The van der Waals surface area contributed by atoms with Crippen molar-refractivity contribution in [2.24, 2.45) is 0 Å². The summed E-state index contributed by atoms with van der Waals surface area (Å²) in [6, 6.07) is 9.02. The van der Waals surface area contributed by atoms with Gasteiger partial charge in [0.2, 0.25) is 0 Å². The molecule has 4 heteroatoms. The van der Waals surface area contributed by atoms with E-state index < -0.39 is 5.82 Å². The largest absolute Gasteiger partial charge is 0.338 e. The van der Waals surface area contributed by atoms with E-state index in [-0.39, 0.29) is 10.8 Å². The van der Waals surface area contributed by atoms with E-state index in [2.05, 4.69) is 17.2 Å². The molecule has 0 aliphatic rings. The fraction of sp³-hybridized carbons (Fsp3) is 0.154. The van der Waals surface area contributed by atoms with Crippen LogP contribution in [0.4, 0.5) is 15.9 Å². The molecule has 2 aromatic rings. The van der Waals surface area contributed by atoms with Crippen LogP contribution in [0.25, 0.3) is 0 Å². The molecule has 0 bridgehead atoms. The zero-order valence-corrected chi connectivity index (χ0v) is 10.1. The average Bonchev–Trinajstić information content (AvgIpc) is 2.34. The minimum absolute atomic E-state index is 0.179. The van der Waals surface area contributed by atoms with Gasteiger partial charge in [-0.2, -0.15) is 0 Å². The first kappa shape index (κ1) is 11.9. The Labute approximate surface area is 104 Å². The number of aromatic nitrogens is 1. The third kappa shape index (κ3) is 2.94. The molecular formula is C13H12ClFN2. The van der Waals surface area contributed by atoms with E-state index in [1.165, 1.54) is 17.8 Å². The van der Waals surface area contributed by atoms with Gasteiger partial charge in [-0.25, -0.2) is 9.37 Å². The van der Waals surface area contributed by atoms with Crippen LogP contribution < -0.4 is 5.32 Å². The summed E-state index contributed by atoms with van der Waals surface area (Å²) in [6.07, 6.45) is 2.39. The van der Waals surface area contributed by atoms with Crippen LogP contribution in [0.2, 0.25) is 5.02 Å². The number of nitrogens with zero attached hydrogens (tertiary/aromatic N) is 1. The Kier molecular flexibility index (Phi) is 3.59. The number of hydrogen-bond donors (Lipinski definition) is 1. The first-order chi connectivity index (χ1) is 8.19. The Hall–Kier alpha value is -1.61. The third-order valence-corrected chi connectivity index (χ3v) is 2.64. The molecule has 0 unspecified atom stereocenters. The summed E-state index contributed by atoms with van der Waals surface area (Å²) in [6.45, 7) is 2.09. The van der Waals surface area contributed by atoms with Crippen molar-refractivity contribution in [1.29, 1.82) is 0 Å². The second-order valence-electron chi connectivity index (χ2n) is 3.66. The number of hydrogen-bond acceptors (Lipinski definition) is 2. The van der Waals surface area contributed by atoms with Crippen LogP contribution in [0.15, 0.2) is 36.5 Å². The number of halogens is 2. The summed E-state index contributed by atoms with van der Waals surface area (Å²) in [7, 11) is 0. The Balaban J connectivity index is 2.19. The minimum Gasteiger partial charge on any atom is -0.338 e. The van der Waals surface area contributed by atoms with Gasteiger partial charge in [-0.05, 0) is 30.2 Å². The lowest BCUT2D eigenvalue weighted by Gasteiger charge is -2.07. The van der Waals surface area contributed by atoms with E-state index >= 15 is 0 Å². The average molecular weight is 251 g/mol. The molecule has 0 radical (unpaired) electrons. The Morgan fingerprint density at radius 1 is 1.29 bits per heavy atom. The fourth-order valence-corrected chi connectivity index (χ4v) is 1.61. The summed E-state index contributed by atoms with van der Waals surface area (Å²) < 4.78 is 13.5. The maximum Gasteiger partial charge on any atom is 0.167 e. The maximum atomic E-state index is 13.5. The van der Waals surface area contributed by atoms with E-state index in [1.54, 1.807) is 0 Å². The molecule has 0 atom stereocenters. The van der Waals surface area contributed by atoms with Crippen molar-refractivity contribution in [1.82, 2.24) is 4.98 Å². The lowest BCUT2D eigenvalue weighted by molar-refractivity contribution is 0.626. The van der Waals surface area contributed by atoms with Crippen LogP contribution in [0.1, 0.15) is 12.5 Å². The molecule has 0 amide bonds. The fourth-order valence-electron chi connectivity index (χ4n) is 1.47. The molecule has 88 valence electrons. The SMILES string of the molecule is CCc1ccc(Nc2ncc(Cl)cc2F)cc1. The van der Waals surface area contributed by atoms with Crippen molar-refractivity contribution in [3.63, 3.8) is 0 Å². The summed E-state index contributed by atoms with van der Waals surface area (Å²) in [5, 5.41) is 3.19. The van der Waals surface area contributed by atoms with Crippen molar-refractivity contribution >= 4 is 23.1 Å². The highest BCUT2D eigenvalue weighted by Gasteiger charge is 2.04. The predicted octanol–water partition coefficient (Wildman–Crippen LogP) is 4.18. The first-order valence-corrected chi connectivity index (χ1v) is 5.74.